The molecule has 112 valence electrons. The number of benzene rings is 1. The van der Waals surface area contributed by atoms with Gasteiger partial charge in [0.1, 0.15) is 4.90 Å². The molecule has 1 rings (SSSR count). The molecule has 0 aromatic heterocycles. The van der Waals surface area contributed by atoms with Gasteiger partial charge in [0.2, 0.25) is 0 Å². The minimum atomic E-state index is -4.05. The molecule has 20 heavy (non-hydrogen) atoms. The Morgan fingerprint density at radius 3 is 2.20 bits per heavy atom. The van der Waals surface area contributed by atoms with E-state index in [0.29, 0.717) is 6.54 Å². The SMILES string of the molecule is CC(C)(C)CNC(=O)c1cc(S(=O)(=O)Cl)c(Cl)cc1Cl. The van der Waals surface area contributed by atoms with Gasteiger partial charge in [-0.1, -0.05) is 44.0 Å². The monoisotopic (exact) mass is 357 g/mol. The highest BCUT2D eigenvalue weighted by molar-refractivity contribution is 8.13. The van der Waals surface area contributed by atoms with Gasteiger partial charge in [-0.05, 0) is 17.5 Å². The normalized spacial score (nSPS) is 12.3. The smallest absolute Gasteiger partial charge is 0.262 e. The first kappa shape index (κ1) is 17.6. The number of nitrogens with one attached hydrogen (secondary N) is 1. The maximum Gasteiger partial charge on any atom is 0.262 e. The summed E-state index contributed by atoms with van der Waals surface area (Å²) in [4.78, 5) is 11.7. The van der Waals surface area contributed by atoms with E-state index in [0.717, 1.165) is 6.07 Å². The maximum absolute atomic E-state index is 12.0. The number of carbonyl (C=O) groups is 1. The second kappa shape index (κ2) is 6.10. The van der Waals surface area contributed by atoms with Crippen molar-refractivity contribution in [3.8, 4) is 0 Å². The molecule has 1 N–H and O–H groups in total. The third-order valence-electron chi connectivity index (χ3n) is 2.31. The average Bonchev–Trinajstić information content (AvgIpc) is 2.23. The van der Waals surface area contributed by atoms with Crippen LogP contribution in [0.2, 0.25) is 10.0 Å². The van der Waals surface area contributed by atoms with Gasteiger partial charge in [0.05, 0.1) is 15.6 Å². The lowest BCUT2D eigenvalue weighted by Gasteiger charge is -2.19. The van der Waals surface area contributed by atoms with Gasteiger partial charge in [-0.25, -0.2) is 8.42 Å². The second-order valence-corrected chi connectivity index (χ2v) is 8.79. The Morgan fingerprint density at radius 1 is 1.20 bits per heavy atom. The number of hydrogen-bond acceptors (Lipinski definition) is 3. The summed E-state index contributed by atoms with van der Waals surface area (Å²) in [6.07, 6.45) is 0. The Bertz CT molecular complexity index is 636. The Balaban J connectivity index is 3.16. The van der Waals surface area contributed by atoms with Gasteiger partial charge in [-0.15, -0.1) is 0 Å². The maximum atomic E-state index is 12.0. The van der Waals surface area contributed by atoms with Crippen molar-refractivity contribution >= 4 is 48.8 Å². The van der Waals surface area contributed by atoms with E-state index in [-0.39, 0.29) is 25.9 Å². The van der Waals surface area contributed by atoms with Gasteiger partial charge < -0.3 is 5.32 Å². The van der Waals surface area contributed by atoms with E-state index in [2.05, 4.69) is 5.32 Å². The van der Waals surface area contributed by atoms with Crippen LogP contribution in [0.1, 0.15) is 31.1 Å². The quantitative estimate of drug-likeness (QED) is 0.838. The van der Waals surface area contributed by atoms with Crippen molar-refractivity contribution in [3.05, 3.63) is 27.7 Å². The number of halogens is 3. The highest BCUT2D eigenvalue weighted by Crippen LogP contribution is 2.30. The molecule has 0 aliphatic heterocycles. The highest BCUT2D eigenvalue weighted by atomic mass is 35.7. The van der Waals surface area contributed by atoms with Gasteiger partial charge in [-0.2, -0.15) is 0 Å². The fraction of sp³-hybridized carbons (Fsp3) is 0.417. The summed E-state index contributed by atoms with van der Waals surface area (Å²) in [5.74, 6) is -0.483. The molecule has 0 spiro atoms. The summed E-state index contributed by atoms with van der Waals surface area (Å²) in [5, 5.41) is 2.61. The van der Waals surface area contributed by atoms with Crippen LogP contribution in [-0.2, 0) is 9.05 Å². The molecule has 0 heterocycles. The molecule has 0 aliphatic rings. The van der Waals surface area contributed by atoms with Crippen LogP contribution in [0.4, 0.5) is 0 Å². The van der Waals surface area contributed by atoms with E-state index in [1.54, 1.807) is 0 Å². The summed E-state index contributed by atoms with van der Waals surface area (Å²) in [7, 11) is 1.21. The molecular weight excluding hydrogens is 345 g/mol. The number of rotatable bonds is 3. The second-order valence-electron chi connectivity index (χ2n) is 5.44. The first-order valence-electron chi connectivity index (χ1n) is 5.64. The van der Waals surface area contributed by atoms with Crippen LogP contribution in [0, 0.1) is 5.41 Å². The Kier molecular flexibility index (Phi) is 5.35. The summed E-state index contributed by atoms with van der Waals surface area (Å²) in [5.41, 5.74) is -0.102. The van der Waals surface area contributed by atoms with Crippen molar-refractivity contribution in [3.63, 3.8) is 0 Å². The van der Waals surface area contributed by atoms with Crippen molar-refractivity contribution in [1.82, 2.24) is 5.32 Å². The molecule has 8 heteroatoms. The third kappa shape index (κ3) is 4.81. The molecule has 0 fully saturated rings. The Morgan fingerprint density at radius 2 is 1.75 bits per heavy atom. The molecule has 0 aliphatic carbocycles. The van der Waals surface area contributed by atoms with E-state index in [1.807, 2.05) is 20.8 Å². The summed E-state index contributed by atoms with van der Waals surface area (Å²) >= 11 is 11.7. The standard InChI is InChI=1S/C12H14Cl3NO3S/c1-12(2,3)6-16-11(17)7-4-10(20(15,18)19)9(14)5-8(7)13/h4-5H,6H2,1-3H3,(H,16,17). The minimum absolute atomic E-state index is 0.0135. The predicted molar refractivity (Wildman–Crippen MR) is 81.3 cm³/mol. The summed E-state index contributed by atoms with van der Waals surface area (Å²) in [6.45, 7) is 6.26. The lowest BCUT2D eigenvalue weighted by molar-refractivity contribution is 0.0939. The molecule has 1 aromatic rings. The van der Waals surface area contributed by atoms with Crippen LogP contribution in [0.3, 0.4) is 0 Å². The van der Waals surface area contributed by atoms with Crippen LogP contribution < -0.4 is 5.32 Å². The van der Waals surface area contributed by atoms with Crippen molar-refractivity contribution < 1.29 is 13.2 Å². The first-order chi connectivity index (χ1) is 8.92. The van der Waals surface area contributed by atoms with Crippen molar-refractivity contribution in [1.29, 1.82) is 0 Å². The van der Waals surface area contributed by atoms with Crippen LogP contribution >= 0.6 is 33.9 Å². The van der Waals surface area contributed by atoms with E-state index < -0.39 is 15.0 Å². The summed E-state index contributed by atoms with van der Waals surface area (Å²) in [6, 6.07) is 2.26. The minimum Gasteiger partial charge on any atom is -0.351 e. The Hall–Kier alpha value is -0.490. The predicted octanol–water partition coefficient (Wildman–Crippen LogP) is 3.70. The largest absolute Gasteiger partial charge is 0.351 e. The molecule has 0 saturated heterocycles. The summed E-state index contributed by atoms with van der Waals surface area (Å²) < 4.78 is 22.7. The first-order valence-corrected chi connectivity index (χ1v) is 8.70. The molecule has 0 radical (unpaired) electrons. The molecule has 4 nitrogen and oxygen atoms in total. The van der Waals surface area contributed by atoms with Gasteiger partial charge >= 0.3 is 0 Å². The molecule has 0 saturated carbocycles. The number of amides is 1. The molecule has 0 unspecified atom stereocenters. The Labute approximate surface area is 132 Å². The molecule has 0 bridgehead atoms. The van der Waals surface area contributed by atoms with Gasteiger partial charge in [0.15, 0.2) is 0 Å². The van der Waals surface area contributed by atoms with Crippen LogP contribution in [-0.4, -0.2) is 20.9 Å². The lowest BCUT2D eigenvalue weighted by atomic mass is 9.97. The molecular formula is C12H14Cl3NO3S. The molecule has 1 amide bonds. The lowest BCUT2D eigenvalue weighted by Crippen LogP contribution is -2.32. The highest BCUT2D eigenvalue weighted by Gasteiger charge is 2.21. The topological polar surface area (TPSA) is 63.2 Å². The molecule has 1 aromatic carbocycles. The van der Waals surface area contributed by atoms with Crippen LogP contribution in [0.25, 0.3) is 0 Å². The number of carbonyl (C=O) groups excluding carboxylic acids is 1. The van der Waals surface area contributed by atoms with E-state index in [4.69, 9.17) is 33.9 Å². The van der Waals surface area contributed by atoms with E-state index in [9.17, 15) is 13.2 Å². The van der Waals surface area contributed by atoms with Crippen molar-refractivity contribution in [2.45, 2.75) is 25.7 Å². The fourth-order valence-electron chi connectivity index (χ4n) is 1.33. The van der Waals surface area contributed by atoms with Gasteiger partial charge in [-0.3, -0.25) is 4.79 Å². The van der Waals surface area contributed by atoms with Gasteiger partial charge in [0, 0.05) is 17.2 Å². The zero-order chi connectivity index (χ0) is 15.7. The average molecular weight is 359 g/mol. The van der Waals surface area contributed by atoms with Crippen molar-refractivity contribution in [2.75, 3.05) is 6.54 Å². The molecule has 0 atom stereocenters. The van der Waals surface area contributed by atoms with E-state index in [1.165, 1.54) is 6.07 Å². The third-order valence-corrected chi connectivity index (χ3v) is 4.41. The zero-order valence-electron chi connectivity index (χ0n) is 11.1. The van der Waals surface area contributed by atoms with Crippen molar-refractivity contribution in [2.24, 2.45) is 5.41 Å². The van der Waals surface area contributed by atoms with E-state index >= 15 is 0 Å². The van der Waals surface area contributed by atoms with Crippen LogP contribution in [0.15, 0.2) is 17.0 Å². The zero-order valence-corrected chi connectivity index (χ0v) is 14.2. The fourth-order valence-corrected chi connectivity index (χ4v) is 3.16. The van der Waals surface area contributed by atoms with Crippen LogP contribution in [0.5, 0.6) is 0 Å². The van der Waals surface area contributed by atoms with Gasteiger partial charge in [0.25, 0.3) is 15.0 Å². The number of hydrogen-bond donors (Lipinski definition) is 1.